The Bertz CT molecular complexity index is 174. The summed E-state index contributed by atoms with van der Waals surface area (Å²) in [5, 5.41) is 17.9. The van der Waals surface area contributed by atoms with Crippen LogP contribution in [0.3, 0.4) is 0 Å². The van der Waals surface area contributed by atoms with Crippen LogP contribution in [0.2, 0.25) is 0 Å². The van der Waals surface area contributed by atoms with Crippen LogP contribution in [0.4, 0.5) is 0 Å². The van der Waals surface area contributed by atoms with Gasteiger partial charge in [0.15, 0.2) is 6.29 Å². The molecule has 0 aromatic heterocycles. The Balaban J connectivity index is 2.29. The van der Waals surface area contributed by atoms with Crippen LogP contribution >= 0.6 is 0 Å². The van der Waals surface area contributed by atoms with E-state index in [0.717, 1.165) is 0 Å². The summed E-state index contributed by atoms with van der Waals surface area (Å²) in [5.74, 6) is 2.30. The molecular weight excluding hydrogens is 160 g/mol. The quantitative estimate of drug-likeness (QED) is 0.542. The number of rotatable bonds is 3. The van der Waals surface area contributed by atoms with Gasteiger partial charge in [-0.1, -0.05) is 5.92 Å². The van der Waals surface area contributed by atoms with Gasteiger partial charge < -0.3 is 19.7 Å². The molecule has 2 N–H and O–H groups in total. The molecule has 3 atom stereocenters. The monoisotopic (exact) mass is 172 g/mol. The lowest BCUT2D eigenvalue weighted by atomic mass is 10.2. The van der Waals surface area contributed by atoms with Gasteiger partial charge in [-0.2, -0.15) is 0 Å². The maximum atomic E-state index is 9.24. The van der Waals surface area contributed by atoms with E-state index in [1.807, 2.05) is 0 Å². The molecule has 1 rings (SSSR count). The van der Waals surface area contributed by atoms with Gasteiger partial charge in [0.05, 0.1) is 12.7 Å². The van der Waals surface area contributed by atoms with Crippen molar-refractivity contribution in [2.24, 2.45) is 0 Å². The van der Waals surface area contributed by atoms with E-state index in [4.69, 9.17) is 21.0 Å². The van der Waals surface area contributed by atoms with Crippen molar-refractivity contribution in [3.8, 4) is 12.3 Å². The molecule has 0 unspecified atom stereocenters. The van der Waals surface area contributed by atoms with Crippen molar-refractivity contribution in [2.45, 2.75) is 24.9 Å². The van der Waals surface area contributed by atoms with Crippen molar-refractivity contribution >= 4 is 0 Å². The van der Waals surface area contributed by atoms with Gasteiger partial charge in [-0.25, -0.2) is 0 Å². The van der Waals surface area contributed by atoms with Crippen molar-refractivity contribution in [3.05, 3.63) is 0 Å². The Morgan fingerprint density at radius 2 is 2.42 bits per heavy atom. The number of ether oxygens (including phenoxy) is 2. The Kier molecular flexibility index (Phi) is 3.50. The summed E-state index contributed by atoms with van der Waals surface area (Å²) in [7, 11) is 0. The van der Waals surface area contributed by atoms with Gasteiger partial charge in [0.2, 0.25) is 0 Å². The van der Waals surface area contributed by atoms with Crippen LogP contribution in [0.5, 0.6) is 0 Å². The third-order valence-electron chi connectivity index (χ3n) is 1.72. The average Bonchev–Trinajstić information content (AvgIpc) is 2.43. The summed E-state index contributed by atoms with van der Waals surface area (Å²) in [6, 6.07) is 0. The van der Waals surface area contributed by atoms with Gasteiger partial charge in [0.1, 0.15) is 12.7 Å². The van der Waals surface area contributed by atoms with Crippen molar-refractivity contribution in [3.63, 3.8) is 0 Å². The normalized spacial score (nSPS) is 34.9. The van der Waals surface area contributed by atoms with E-state index < -0.39 is 18.5 Å². The first-order valence-electron chi connectivity index (χ1n) is 3.77. The van der Waals surface area contributed by atoms with E-state index in [1.165, 1.54) is 0 Å². The smallest absolute Gasteiger partial charge is 0.162 e. The van der Waals surface area contributed by atoms with Crippen LogP contribution in [0, 0.1) is 12.3 Å². The second kappa shape index (κ2) is 4.43. The molecule has 0 saturated carbocycles. The van der Waals surface area contributed by atoms with Crippen molar-refractivity contribution in [1.82, 2.24) is 0 Å². The summed E-state index contributed by atoms with van der Waals surface area (Å²) in [6.45, 7) is -0.0351. The third kappa shape index (κ3) is 2.19. The Morgan fingerprint density at radius 1 is 1.67 bits per heavy atom. The van der Waals surface area contributed by atoms with Crippen molar-refractivity contribution < 1.29 is 19.7 Å². The predicted molar refractivity (Wildman–Crippen MR) is 41.2 cm³/mol. The van der Waals surface area contributed by atoms with Gasteiger partial charge in [-0.15, -0.1) is 6.42 Å². The van der Waals surface area contributed by atoms with E-state index >= 15 is 0 Å². The van der Waals surface area contributed by atoms with Crippen LogP contribution in [-0.4, -0.2) is 41.9 Å². The molecule has 12 heavy (non-hydrogen) atoms. The second-order valence-corrected chi connectivity index (χ2v) is 2.60. The fraction of sp³-hybridized carbons (Fsp3) is 0.750. The van der Waals surface area contributed by atoms with E-state index in [2.05, 4.69) is 5.92 Å². The topological polar surface area (TPSA) is 58.9 Å². The van der Waals surface area contributed by atoms with Gasteiger partial charge in [0.25, 0.3) is 0 Å². The largest absolute Gasteiger partial charge is 0.394 e. The summed E-state index contributed by atoms with van der Waals surface area (Å²) >= 11 is 0. The molecule has 4 nitrogen and oxygen atoms in total. The molecule has 1 aliphatic heterocycles. The summed E-state index contributed by atoms with van der Waals surface area (Å²) < 4.78 is 10.1. The first-order valence-corrected chi connectivity index (χ1v) is 3.77. The minimum atomic E-state index is -0.655. The van der Waals surface area contributed by atoms with E-state index in [9.17, 15) is 5.11 Å². The maximum Gasteiger partial charge on any atom is 0.162 e. The summed E-state index contributed by atoms with van der Waals surface area (Å²) in [5.41, 5.74) is 0. The zero-order chi connectivity index (χ0) is 8.97. The zero-order valence-electron chi connectivity index (χ0n) is 6.64. The molecule has 0 aromatic carbocycles. The maximum absolute atomic E-state index is 9.24. The highest BCUT2D eigenvalue weighted by Crippen LogP contribution is 2.20. The van der Waals surface area contributed by atoms with Crippen LogP contribution in [-0.2, 0) is 9.47 Å². The Morgan fingerprint density at radius 3 is 2.92 bits per heavy atom. The molecule has 0 bridgehead atoms. The molecule has 0 amide bonds. The van der Waals surface area contributed by atoms with Gasteiger partial charge in [0, 0.05) is 6.42 Å². The van der Waals surface area contributed by atoms with E-state index in [-0.39, 0.29) is 13.2 Å². The molecule has 68 valence electrons. The fourth-order valence-corrected chi connectivity index (χ4v) is 1.10. The highest BCUT2D eigenvalue weighted by Gasteiger charge is 2.33. The highest BCUT2D eigenvalue weighted by molar-refractivity contribution is 4.84. The molecule has 0 aromatic rings. The van der Waals surface area contributed by atoms with Gasteiger partial charge >= 0.3 is 0 Å². The minimum Gasteiger partial charge on any atom is -0.394 e. The van der Waals surface area contributed by atoms with Crippen LogP contribution in [0.15, 0.2) is 0 Å². The molecule has 0 aliphatic carbocycles. The summed E-state index contributed by atoms with van der Waals surface area (Å²) in [4.78, 5) is 0. The number of hydrogen-bond acceptors (Lipinski definition) is 4. The summed E-state index contributed by atoms with van der Waals surface area (Å²) in [6.07, 6.45) is 3.67. The molecule has 1 fully saturated rings. The minimum absolute atomic E-state index is 0.162. The lowest BCUT2D eigenvalue weighted by Crippen LogP contribution is -2.24. The molecule has 0 radical (unpaired) electrons. The lowest BCUT2D eigenvalue weighted by Gasteiger charge is -2.10. The van der Waals surface area contributed by atoms with Crippen molar-refractivity contribution in [2.75, 3.05) is 13.2 Å². The Labute approximate surface area is 71.1 Å². The SMILES string of the molecule is C#CCO[C@H]1C[C@H](O)[C@@H](CO)O1. The highest BCUT2D eigenvalue weighted by atomic mass is 16.7. The zero-order valence-corrected chi connectivity index (χ0v) is 6.64. The third-order valence-corrected chi connectivity index (χ3v) is 1.72. The van der Waals surface area contributed by atoms with Gasteiger partial charge in [-0.3, -0.25) is 0 Å². The van der Waals surface area contributed by atoms with Gasteiger partial charge in [-0.05, 0) is 0 Å². The lowest BCUT2D eigenvalue weighted by molar-refractivity contribution is -0.135. The number of aliphatic hydroxyl groups excluding tert-OH is 2. The predicted octanol–water partition coefficient (Wildman–Crippen LogP) is -0.896. The number of aliphatic hydroxyl groups is 2. The molecule has 1 heterocycles. The number of terminal acetylenes is 1. The molecule has 0 spiro atoms. The van der Waals surface area contributed by atoms with Crippen LogP contribution in [0.1, 0.15) is 6.42 Å². The average molecular weight is 172 g/mol. The van der Waals surface area contributed by atoms with Crippen LogP contribution < -0.4 is 0 Å². The van der Waals surface area contributed by atoms with E-state index in [1.54, 1.807) is 0 Å². The van der Waals surface area contributed by atoms with Crippen molar-refractivity contribution in [1.29, 1.82) is 0 Å². The van der Waals surface area contributed by atoms with Crippen LogP contribution in [0.25, 0.3) is 0 Å². The first kappa shape index (κ1) is 9.49. The second-order valence-electron chi connectivity index (χ2n) is 2.60. The molecule has 4 heteroatoms. The van der Waals surface area contributed by atoms with E-state index in [0.29, 0.717) is 6.42 Å². The first-order chi connectivity index (χ1) is 5.77. The molecule has 1 saturated heterocycles. The molecule has 1 aliphatic rings. The Hall–Kier alpha value is -0.600. The number of hydrogen-bond donors (Lipinski definition) is 2. The molecular formula is C8H12O4. The standard InChI is InChI=1S/C8H12O4/c1-2-3-11-8-4-6(10)7(5-9)12-8/h1,6-10H,3-5H2/t6-,7+,8+/m0/s1. The fourth-order valence-electron chi connectivity index (χ4n) is 1.10.